The molecule has 0 bridgehead atoms. The summed E-state index contributed by atoms with van der Waals surface area (Å²) in [7, 11) is 1.18. The molecule has 0 spiro atoms. The van der Waals surface area contributed by atoms with Crippen molar-refractivity contribution in [3.63, 3.8) is 0 Å². The number of benzene rings is 1. The lowest BCUT2D eigenvalue weighted by molar-refractivity contribution is -0.385. The van der Waals surface area contributed by atoms with Crippen LogP contribution in [-0.4, -0.2) is 24.1 Å². The van der Waals surface area contributed by atoms with Crippen molar-refractivity contribution in [1.82, 2.24) is 0 Å². The van der Waals surface area contributed by atoms with Gasteiger partial charge < -0.3 is 9.47 Å². The number of esters is 1. The maximum Gasteiger partial charge on any atom is 0.344 e. The fourth-order valence-corrected chi connectivity index (χ4v) is 1.33. The second kappa shape index (κ2) is 6.00. The molecule has 0 aliphatic carbocycles. The molecule has 6 heteroatoms. The Balaban J connectivity index is 3.11. The third-order valence-corrected chi connectivity index (χ3v) is 2.48. The second-order valence-corrected chi connectivity index (χ2v) is 3.76. The molecule has 0 N–H and O–H groups in total. The summed E-state index contributed by atoms with van der Waals surface area (Å²) in [4.78, 5) is 21.6. The van der Waals surface area contributed by atoms with Gasteiger partial charge in [0.1, 0.15) is 11.3 Å². The number of hydrogen-bond donors (Lipinski definition) is 0. The fraction of sp³-hybridized carbons (Fsp3) is 0.417. The molecule has 0 aliphatic heterocycles. The van der Waals surface area contributed by atoms with Crippen LogP contribution >= 0.6 is 0 Å². The molecule has 0 saturated heterocycles. The Morgan fingerprint density at radius 1 is 1.50 bits per heavy atom. The van der Waals surface area contributed by atoms with E-state index in [0.29, 0.717) is 5.75 Å². The van der Waals surface area contributed by atoms with E-state index in [0.717, 1.165) is 6.42 Å². The predicted molar refractivity (Wildman–Crippen MR) is 64.8 cm³/mol. The first-order chi connectivity index (χ1) is 8.49. The van der Waals surface area contributed by atoms with Crippen molar-refractivity contribution in [2.75, 3.05) is 7.11 Å². The molecular formula is C12H15NO5. The molecule has 0 saturated carbocycles. The van der Waals surface area contributed by atoms with Gasteiger partial charge in [-0.25, -0.2) is 4.79 Å². The summed E-state index contributed by atoms with van der Waals surface area (Å²) in [6.45, 7) is 3.81. The summed E-state index contributed by atoms with van der Waals surface area (Å²) >= 11 is 0. The highest BCUT2D eigenvalue weighted by Gasteiger charge is 2.22. The largest absolute Gasteiger partial charge is 0.490 e. The summed E-state index contributed by atoms with van der Waals surface area (Å²) in [6, 6.07) is 4.09. The first-order valence-electron chi connectivity index (χ1n) is 5.53. The zero-order valence-electron chi connectivity index (χ0n) is 10.5. The number of ether oxygens (including phenoxy) is 2. The Morgan fingerprint density at radius 3 is 2.67 bits per heavy atom. The SMILES string of the molecule is CCC(C)Oc1ccc(C(=O)OC)c([N+](=O)[O-])c1. The highest BCUT2D eigenvalue weighted by atomic mass is 16.6. The minimum Gasteiger partial charge on any atom is -0.490 e. The second-order valence-electron chi connectivity index (χ2n) is 3.76. The van der Waals surface area contributed by atoms with Crippen LogP contribution in [0.1, 0.15) is 30.6 Å². The lowest BCUT2D eigenvalue weighted by Crippen LogP contribution is -2.11. The lowest BCUT2D eigenvalue weighted by atomic mass is 10.1. The fourth-order valence-electron chi connectivity index (χ4n) is 1.33. The van der Waals surface area contributed by atoms with E-state index in [1.165, 1.54) is 25.3 Å². The number of rotatable bonds is 5. The molecule has 18 heavy (non-hydrogen) atoms. The molecule has 1 aromatic carbocycles. The van der Waals surface area contributed by atoms with Gasteiger partial charge in [0.25, 0.3) is 5.69 Å². The van der Waals surface area contributed by atoms with Crippen LogP contribution in [0.15, 0.2) is 18.2 Å². The smallest absolute Gasteiger partial charge is 0.344 e. The van der Waals surface area contributed by atoms with E-state index in [4.69, 9.17) is 4.74 Å². The number of nitro benzene ring substituents is 1. The molecule has 0 fully saturated rings. The van der Waals surface area contributed by atoms with Crippen LogP contribution in [0.25, 0.3) is 0 Å². The van der Waals surface area contributed by atoms with Gasteiger partial charge in [0.05, 0.1) is 24.2 Å². The lowest BCUT2D eigenvalue weighted by Gasteiger charge is -2.12. The van der Waals surface area contributed by atoms with E-state index in [9.17, 15) is 14.9 Å². The van der Waals surface area contributed by atoms with Crippen LogP contribution in [0, 0.1) is 10.1 Å². The highest BCUT2D eigenvalue weighted by molar-refractivity contribution is 5.94. The topological polar surface area (TPSA) is 78.7 Å². The van der Waals surface area contributed by atoms with E-state index in [-0.39, 0.29) is 17.4 Å². The Morgan fingerprint density at radius 2 is 2.17 bits per heavy atom. The monoisotopic (exact) mass is 253 g/mol. The summed E-state index contributed by atoms with van der Waals surface area (Å²) in [5.41, 5.74) is -0.401. The number of nitro groups is 1. The minimum absolute atomic E-state index is 0.0476. The standard InChI is InChI=1S/C12H15NO5/c1-4-8(2)18-9-5-6-10(12(14)17-3)11(7-9)13(15)16/h5-8H,4H2,1-3H3. The van der Waals surface area contributed by atoms with Crippen LogP contribution in [0.2, 0.25) is 0 Å². The quantitative estimate of drug-likeness (QED) is 0.457. The van der Waals surface area contributed by atoms with Crippen LogP contribution < -0.4 is 4.74 Å². The molecule has 1 aromatic rings. The third kappa shape index (κ3) is 3.19. The van der Waals surface area contributed by atoms with E-state index in [2.05, 4.69) is 4.74 Å². The van der Waals surface area contributed by atoms with Crippen LogP contribution in [0.5, 0.6) is 5.75 Å². The molecule has 6 nitrogen and oxygen atoms in total. The first kappa shape index (κ1) is 14.0. The van der Waals surface area contributed by atoms with Crippen LogP contribution in [0.4, 0.5) is 5.69 Å². The van der Waals surface area contributed by atoms with Crippen LogP contribution in [0.3, 0.4) is 0 Å². The van der Waals surface area contributed by atoms with Crippen molar-refractivity contribution in [1.29, 1.82) is 0 Å². The average molecular weight is 253 g/mol. The van der Waals surface area contributed by atoms with Gasteiger partial charge >= 0.3 is 5.97 Å². The average Bonchev–Trinajstić information content (AvgIpc) is 2.37. The van der Waals surface area contributed by atoms with Gasteiger partial charge in [0, 0.05) is 0 Å². The van der Waals surface area contributed by atoms with Crippen molar-refractivity contribution in [3.8, 4) is 5.75 Å². The molecular weight excluding hydrogens is 238 g/mol. The third-order valence-electron chi connectivity index (χ3n) is 2.48. The maximum atomic E-state index is 11.4. The predicted octanol–water partition coefficient (Wildman–Crippen LogP) is 2.56. The summed E-state index contributed by atoms with van der Waals surface area (Å²) < 4.78 is 9.95. The van der Waals surface area contributed by atoms with Crippen molar-refractivity contribution in [2.45, 2.75) is 26.4 Å². The molecule has 0 heterocycles. The van der Waals surface area contributed by atoms with Crippen LogP contribution in [-0.2, 0) is 4.74 Å². The van der Waals surface area contributed by atoms with Gasteiger partial charge in [0.2, 0.25) is 0 Å². The molecule has 1 rings (SSSR count). The van der Waals surface area contributed by atoms with Gasteiger partial charge in [0.15, 0.2) is 0 Å². The normalized spacial score (nSPS) is 11.7. The molecule has 0 aromatic heterocycles. The number of hydrogen-bond acceptors (Lipinski definition) is 5. The first-order valence-corrected chi connectivity index (χ1v) is 5.53. The van der Waals surface area contributed by atoms with E-state index in [1.54, 1.807) is 0 Å². The molecule has 98 valence electrons. The summed E-state index contributed by atoms with van der Waals surface area (Å²) in [5.74, 6) is -0.375. The van der Waals surface area contributed by atoms with E-state index in [1.807, 2.05) is 13.8 Å². The molecule has 1 unspecified atom stereocenters. The zero-order chi connectivity index (χ0) is 13.7. The Bertz CT molecular complexity index is 458. The Kier molecular flexibility index (Phi) is 4.65. The number of nitrogens with zero attached hydrogens (tertiary/aromatic N) is 1. The number of carbonyl (C=O) groups is 1. The Hall–Kier alpha value is -2.11. The zero-order valence-corrected chi connectivity index (χ0v) is 10.5. The number of carbonyl (C=O) groups excluding carboxylic acids is 1. The highest BCUT2D eigenvalue weighted by Crippen LogP contribution is 2.26. The summed E-state index contributed by atoms with van der Waals surface area (Å²) in [6.07, 6.45) is 0.737. The van der Waals surface area contributed by atoms with Crippen molar-refractivity contribution < 1.29 is 19.2 Å². The van der Waals surface area contributed by atoms with Gasteiger partial charge in [-0.05, 0) is 25.5 Å². The van der Waals surface area contributed by atoms with Crippen molar-refractivity contribution in [2.24, 2.45) is 0 Å². The Labute approximate surface area is 105 Å². The summed E-state index contributed by atoms with van der Waals surface area (Å²) in [5, 5.41) is 10.9. The van der Waals surface area contributed by atoms with Gasteiger partial charge in [-0.15, -0.1) is 0 Å². The minimum atomic E-state index is -0.739. The molecule has 1 atom stereocenters. The van der Waals surface area contributed by atoms with Gasteiger partial charge in [-0.2, -0.15) is 0 Å². The van der Waals surface area contributed by atoms with Crippen molar-refractivity contribution in [3.05, 3.63) is 33.9 Å². The molecule has 0 amide bonds. The molecule has 0 radical (unpaired) electrons. The molecule has 0 aliphatic rings. The van der Waals surface area contributed by atoms with Crippen molar-refractivity contribution >= 4 is 11.7 Å². The van der Waals surface area contributed by atoms with Gasteiger partial charge in [-0.3, -0.25) is 10.1 Å². The van der Waals surface area contributed by atoms with E-state index >= 15 is 0 Å². The van der Waals surface area contributed by atoms with Gasteiger partial charge in [-0.1, -0.05) is 6.92 Å². The van der Waals surface area contributed by atoms with E-state index < -0.39 is 10.9 Å². The number of methoxy groups -OCH3 is 1. The maximum absolute atomic E-state index is 11.4.